The smallest absolute Gasteiger partial charge is 0.323 e. The Kier molecular flexibility index (Phi) is 12.6. The molecule has 1 aliphatic heterocycles. The Morgan fingerprint density at radius 3 is 2.36 bits per heavy atom. The van der Waals surface area contributed by atoms with Crippen LogP contribution in [0.1, 0.15) is 85.0 Å². The largest absolute Gasteiger partial charge is 0.480 e. The lowest BCUT2D eigenvalue weighted by molar-refractivity contribution is -0.140. The van der Waals surface area contributed by atoms with Crippen LogP contribution in [0, 0.1) is 11.3 Å². The van der Waals surface area contributed by atoms with Crippen LogP contribution in [0.5, 0.6) is 0 Å². The highest BCUT2D eigenvalue weighted by Gasteiger charge is 2.56. The van der Waals surface area contributed by atoms with E-state index in [1.807, 2.05) is 20.8 Å². The lowest BCUT2D eigenvalue weighted by Gasteiger charge is -2.35. The Morgan fingerprint density at radius 2 is 1.76 bits per heavy atom. The van der Waals surface area contributed by atoms with Crippen molar-refractivity contribution < 1.29 is 32.7 Å². The number of rotatable bonds is 17. The van der Waals surface area contributed by atoms with E-state index in [9.17, 15) is 32.7 Å². The first-order valence-electron chi connectivity index (χ1n) is 16.0. The fourth-order valence-electron chi connectivity index (χ4n) is 5.93. The van der Waals surface area contributed by atoms with E-state index in [0.717, 1.165) is 44.8 Å². The van der Waals surface area contributed by atoms with E-state index in [4.69, 9.17) is 5.73 Å². The van der Waals surface area contributed by atoms with Crippen LogP contribution in [0.4, 0.5) is 4.79 Å². The number of aliphatic carboxylic acids is 1. The predicted molar refractivity (Wildman–Crippen MR) is 171 cm³/mol. The number of carboxylic acids is 1. The van der Waals surface area contributed by atoms with Crippen LogP contribution in [0.3, 0.4) is 0 Å². The van der Waals surface area contributed by atoms with Gasteiger partial charge in [0.2, 0.25) is 15.9 Å². The lowest BCUT2D eigenvalue weighted by atomic mass is 9.87. The molecule has 5 N–H and O–H groups in total. The van der Waals surface area contributed by atoms with Crippen molar-refractivity contribution >= 4 is 34.2 Å². The highest BCUT2D eigenvalue weighted by atomic mass is 32.2. The number of aldehydes is 1. The maximum atomic E-state index is 13.5. The Balaban J connectivity index is 1.58. The molecular weight excluding hydrogens is 598 g/mol. The van der Waals surface area contributed by atoms with Gasteiger partial charge in [0.1, 0.15) is 17.9 Å². The molecule has 5 atom stereocenters. The van der Waals surface area contributed by atoms with E-state index in [1.54, 1.807) is 18.2 Å². The number of carbonyl (C=O) groups excluding carboxylic acids is 3. The number of hydrogen-bond acceptors (Lipinski definition) is 7. The fourth-order valence-corrected chi connectivity index (χ4v) is 7.13. The Hall–Kier alpha value is -3.03. The SMILES string of the molecule is CN(CC(NC(=O)N[C@@H](CCCCCCCC1C[C@]1(N)C(=O)O)C(=O)N1CCCC1C=O)C(C)(C)C)S(=O)(=O)c1ccccc1. The van der Waals surface area contributed by atoms with Crippen LogP contribution < -0.4 is 16.4 Å². The first kappa shape index (κ1) is 36.4. The first-order valence-corrected chi connectivity index (χ1v) is 17.4. The first-order chi connectivity index (χ1) is 21.1. The Morgan fingerprint density at radius 1 is 1.11 bits per heavy atom. The van der Waals surface area contributed by atoms with Crippen molar-refractivity contribution in [2.24, 2.45) is 17.1 Å². The van der Waals surface area contributed by atoms with Crippen molar-refractivity contribution in [1.29, 1.82) is 0 Å². The maximum absolute atomic E-state index is 13.5. The van der Waals surface area contributed by atoms with Gasteiger partial charge in [0, 0.05) is 26.2 Å². The molecule has 0 bridgehead atoms. The van der Waals surface area contributed by atoms with Gasteiger partial charge in [-0.05, 0) is 55.6 Å². The molecule has 3 unspecified atom stereocenters. The number of nitrogens with two attached hydrogens (primary N) is 1. The molecule has 0 spiro atoms. The second-order valence-electron chi connectivity index (χ2n) is 13.7. The second-order valence-corrected chi connectivity index (χ2v) is 15.7. The topological polar surface area (TPSA) is 179 Å². The average molecular weight is 650 g/mol. The molecule has 45 heavy (non-hydrogen) atoms. The number of benzene rings is 1. The van der Waals surface area contributed by atoms with Crippen molar-refractivity contribution in [3.05, 3.63) is 30.3 Å². The summed E-state index contributed by atoms with van der Waals surface area (Å²) in [4.78, 5) is 51.4. The minimum Gasteiger partial charge on any atom is -0.480 e. The van der Waals surface area contributed by atoms with Gasteiger partial charge in [-0.15, -0.1) is 0 Å². The van der Waals surface area contributed by atoms with E-state index in [0.29, 0.717) is 32.2 Å². The molecule has 1 saturated carbocycles. The van der Waals surface area contributed by atoms with E-state index in [2.05, 4.69) is 10.6 Å². The van der Waals surface area contributed by atoms with Gasteiger partial charge >= 0.3 is 12.0 Å². The Labute approximate surface area is 267 Å². The number of nitrogens with one attached hydrogen (secondary N) is 2. The summed E-state index contributed by atoms with van der Waals surface area (Å²) in [6, 6.07) is 5.60. The van der Waals surface area contributed by atoms with Crippen LogP contribution in [0.2, 0.25) is 0 Å². The van der Waals surface area contributed by atoms with Crippen LogP contribution in [0.25, 0.3) is 0 Å². The normalized spacial score (nSPS) is 22.9. The molecule has 12 nitrogen and oxygen atoms in total. The van der Waals surface area contributed by atoms with Gasteiger partial charge < -0.3 is 31.2 Å². The number of amides is 3. The quantitative estimate of drug-likeness (QED) is 0.147. The fraction of sp³-hybridized carbons (Fsp3) is 0.688. The molecule has 2 fully saturated rings. The van der Waals surface area contributed by atoms with Crippen LogP contribution in [0.15, 0.2) is 35.2 Å². The Bertz CT molecular complexity index is 1290. The number of unbranched alkanes of at least 4 members (excludes halogenated alkanes) is 4. The number of carbonyl (C=O) groups is 4. The molecule has 0 radical (unpaired) electrons. The second kappa shape index (κ2) is 15.5. The van der Waals surface area contributed by atoms with Crippen molar-refractivity contribution in [3.63, 3.8) is 0 Å². The summed E-state index contributed by atoms with van der Waals surface area (Å²) in [5.41, 5.74) is 4.29. The third-order valence-electron chi connectivity index (χ3n) is 9.18. The summed E-state index contributed by atoms with van der Waals surface area (Å²) in [6.45, 7) is 6.18. The summed E-state index contributed by atoms with van der Waals surface area (Å²) in [5, 5.41) is 14.9. The summed E-state index contributed by atoms with van der Waals surface area (Å²) in [6.07, 6.45) is 8.00. The van der Waals surface area contributed by atoms with Crippen LogP contribution >= 0.6 is 0 Å². The lowest BCUT2D eigenvalue weighted by Crippen LogP contribution is -2.57. The molecule has 1 aliphatic carbocycles. The van der Waals surface area contributed by atoms with E-state index in [1.165, 1.54) is 28.4 Å². The molecular formula is C32H51N5O7S. The standard InChI is InChI=1S/C32H51N5O7S/c1-31(2,3)27(21-36(4)45(43,44)25-16-10-8-11-17-25)35-30(42)34-26(28(39)37-19-13-15-24(37)22-38)18-12-7-5-6-9-14-23-20-32(23,33)29(40)41/h8,10-11,16-17,22-24,26-27H,5-7,9,12-15,18-21,33H2,1-4H3,(H,40,41)(H2,34,35,42)/t23?,24?,26-,27?,32+/m0/s1. The molecule has 3 rings (SSSR count). The van der Waals surface area contributed by atoms with Gasteiger partial charge in [0.25, 0.3) is 0 Å². The number of likely N-dealkylation sites (tertiary alicyclic amines) is 1. The zero-order valence-electron chi connectivity index (χ0n) is 27.0. The van der Waals surface area contributed by atoms with E-state index >= 15 is 0 Å². The molecule has 3 amide bonds. The minimum atomic E-state index is -3.78. The number of likely N-dealkylation sites (N-methyl/N-ethyl adjacent to an activating group) is 1. The molecule has 252 valence electrons. The third kappa shape index (κ3) is 9.73. The van der Waals surface area contributed by atoms with E-state index in [-0.39, 0.29) is 23.3 Å². The molecule has 1 heterocycles. The van der Waals surface area contributed by atoms with Gasteiger partial charge in [-0.1, -0.05) is 71.1 Å². The van der Waals surface area contributed by atoms with Gasteiger partial charge in [0.05, 0.1) is 10.9 Å². The minimum absolute atomic E-state index is 0.0186. The van der Waals surface area contributed by atoms with Gasteiger partial charge in [-0.2, -0.15) is 4.31 Å². The zero-order valence-corrected chi connectivity index (χ0v) is 27.9. The zero-order chi connectivity index (χ0) is 33.4. The summed E-state index contributed by atoms with van der Waals surface area (Å²) in [5.74, 6) is -1.20. The summed E-state index contributed by atoms with van der Waals surface area (Å²) < 4.78 is 27.5. The highest BCUT2D eigenvalue weighted by Crippen LogP contribution is 2.44. The van der Waals surface area contributed by atoms with Crippen LogP contribution in [-0.4, -0.2) is 90.7 Å². The summed E-state index contributed by atoms with van der Waals surface area (Å²) >= 11 is 0. The predicted octanol–water partition coefficient (Wildman–Crippen LogP) is 3.11. The highest BCUT2D eigenvalue weighted by molar-refractivity contribution is 7.89. The number of nitrogens with zero attached hydrogens (tertiary/aromatic N) is 2. The van der Waals surface area contributed by atoms with Gasteiger partial charge in [-0.25, -0.2) is 13.2 Å². The molecule has 13 heteroatoms. The van der Waals surface area contributed by atoms with Gasteiger partial charge in [-0.3, -0.25) is 9.59 Å². The molecule has 1 aromatic rings. The number of urea groups is 1. The van der Waals surface area contributed by atoms with E-state index < -0.39 is 51.1 Å². The van der Waals surface area contributed by atoms with Gasteiger partial charge in [0.15, 0.2) is 0 Å². The molecule has 1 saturated heterocycles. The molecule has 2 aliphatic rings. The summed E-state index contributed by atoms with van der Waals surface area (Å²) in [7, 11) is -2.31. The van der Waals surface area contributed by atoms with Crippen LogP contribution in [-0.2, 0) is 24.4 Å². The maximum Gasteiger partial charge on any atom is 0.323 e. The van der Waals surface area contributed by atoms with Crippen molar-refractivity contribution in [2.45, 2.75) is 114 Å². The molecule has 1 aromatic carbocycles. The number of carboxylic acid groups (broad SMARTS) is 1. The average Bonchev–Trinajstić information content (AvgIpc) is 3.42. The van der Waals surface area contributed by atoms with Crippen molar-refractivity contribution in [1.82, 2.24) is 19.8 Å². The molecule has 0 aromatic heterocycles. The number of hydrogen-bond donors (Lipinski definition) is 4. The third-order valence-corrected chi connectivity index (χ3v) is 11.0. The van der Waals surface area contributed by atoms with Crippen molar-refractivity contribution in [3.8, 4) is 0 Å². The number of sulfonamides is 1. The van der Waals surface area contributed by atoms with Crippen molar-refractivity contribution in [2.75, 3.05) is 20.1 Å². The monoisotopic (exact) mass is 649 g/mol.